The number of carbonyl (C=O) groups is 1. The third-order valence-corrected chi connectivity index (χ3v) is 3.21. The molecule has 0 spiro atoms. The number of halogens is 1. The van der Waals surface area contributed by atoms with Crippen LogP contribution in [0.2, 0.25) is 0 Å². The van der Waals surface area contributed by atoms with Gasteiger partial charge in [0.25, 0.3) is 0 Å². The van der Waals surface area contributed by atoms with Gasteiger partial charge in [-0.2, -0.15) is 0 Å². The molecule has 0 rings (SSSR count). The summed E-state index contributed by atoms with van der Waals surface area (Å²) in [7, 11) is 0. The van der Waals surface area contributed by atoms with Gasteiger partial charge in [-0.15, -0.1) is 0 Å². The van der Waals surface area contributed by atoms with Crippen LogP contribution in [0.25, 0.3) is 0 Å². The van der Waals surface area contributed by atoms with Crippen LogP contribution in [0, 0.1) is 5.92 Å². The van der Waals surface area contributed by atoms with E-state index in [0.717, 1.165) is 12.8 Å². The average molecular weight is 323 g/mol. The third kappa shape index (κ3) is 7.37. The van der Waals surface area contributed by atoms with Gasteiger partial charge in [0.05, 0.1) is 5.60 Å². The Balaban J connectivity index is 4.19. The molecule has 0 bridgehead atoms. The number of carbonyl (C=O) groups excluding carboxylic acids is 1. The van der Waals surface area contributed by atoms with E-state index in [0.29, 0.717) is 19.1 Å². The van der Waals surface area contributed by atoms with Crippen molar-refractivity contribution in [1.29, 1.82) is 0 Å². The van der Waals surface area contributed by atoms with Crippen LogP contribution in [0.3, 0.4) is 0 Å². The second kappa shape index (κ2) is 7.49. The molecular formula is C14H27BrO3. The molecule has 0 saturated carbocycles. The first kappa shape index (κ1) is 17.9. The van der Waals surface area contributed by atoms with Crippen LogP contribution in [-0.4, -0.2) is 29.1 Å². The van der Waals surface area contributed by atoms with Gasteiger partial charge in [-0.1, -0.05) is 36.7 Å². The van der Waals surface area contributed by atoms with Crippen LogP contribution in [0.4, 0.5) is 0 Å². The molecule has 4 heteroatoms. The van der Waals surface area contributed by atoms with Gasteiger partial charge in [0.15, 0.2) is 0 Å². The van der Waals surface area contributed by atoms with Crippen LogP contribution < -0.4 is 0 Å². The number of hydrogen-bond acceptors (Lipinski definition) is 3. The summed E-state index contributed by atoms with van der Waals surface area (Å²) in [6.07, 6.45) is 1.84. The Morgan fingerprint density at radius 2 is 1.83 bits per heavy atom. The summed E-state index contributed by atoms with van der Waals surface area (Å²) in [4.78, 5) is 11.7. The van der Waals surface area contributed by atoms with Crippen molar-refractivity contribution in [2.24, 2.45) is 5.92 Å². The van der Waals surface area contributed by atoms with Crippen molar-refractivity contribution >= 4 is 21.9 Å². The zero-order valence-corrected chi connectivity index (χ0v) is 14.1. The quantitative estimate of drug-likeness (QED) is 0.501. The van der Waals surface area contributed by atoms with E-state index >= 15 is 0 Å². The van der Waals surface area contributed by atoms with Gasteiger partial charge in [0, 0.05) is 6.61 Å². The summed E-state index contributed by atoms with van der Waals surface area (Å²) in [6.45, 7) is 12.9. The molecule has 1 atom stereocenters. The molecule has 0 saturated heterocycles. The van der Waals surface area contributed by atoms with Crippen molar-refractivity contribution in [3.8, 4) is 0 Å². The third-order valence-electron chi connectivity index (χ3n) is 2.89. The maximum atomic E-state index is 11.7. The van der Waals surface area contributed by atoms with Crippen LogP contribution in [0.15, 0.2) is 0 Å². The summed E-state index contributed by atoms with van der Waals surface area (Å²) >= 11 is 3.29. The van der Waals surface area contributed by atoms with E-state index in [1.165, 1.54) is 0 Å². The molecule has 108 valence electrons. The Morgan fingerprint density at radius 1 is 1.28 bits per heavy atom. The highest BCUT2D eigenvalue weighted by Gasteiger charge is 2.30. The van der Waals surface area contributed by atoms with Crippen molar-refractivity contribution in [3.63, 3.8) is 0 Å². The minimum atomic E-state index is -0.639. The number of alkyl halides is 1. The van der Waals surface area contributed by atoms with Gasteiger partial charge in [-0.05, 0) is 39.5 Å². The summed E-state index contributed by atoms with van der Waals surface area (Å²) in [6, 6.07) is 0. The zero-order chi connectivity index (χ0) is 14.4. The maximum absolute atomic E-state index is 11.7. The van der Waals surface area contributed by atoms with E-state index < -0.39 is 4.32 Å². The second-order valence-electron chi connectivity index (χ2n) is 5.88. The smallest absolute Gasteiger partial charge is 0.322 e. The lowest BCUT2D eigenvalue weighted by molar-refractivity contribution is -0.157. The number of ether oxygens (including phenoxy) is 2. The Kier molecular flexibility index (Phi) is 7.45. The second-order valence-corrected chi connectivity index (χ2v) is 7.87. The first-order chi connectivity index (χ1) is 8.10. The first-order valence-corrected chi connectivity index (χ1v) is 7.40. The molecular weight excluding hydrogens is 296 g/mol. The highest BCUT2D eigenvalue weighted by molar-refractivity contribution is 9.10. The molecule has 0 aromatic rings. The molecule has 0 aromatic heterocycles. The van der Waals surface area contributed by atoms with Gasteiger partial charge < -0.3 is 9.47 Å². The molecule has 0 radical (unpaired) electrons. The summed E-state index contributed by atoms with van der Waals surface area (Å²) < 4.78 is 10.5. The summed E-state index contributed by atoms with van der Waals surface area (Å²) in [5, 5.41) is 0. The predicted molar refractivity (Wildman–Crippen MR) is 78.1 cm³/mol. The van der Waals surface area contributed by atoms with Crippen molar-refractivity contribution in [2.45, 2.75) is 64.3 Å². The molecule has 0 aliphatic rings. The maximum Gasteiger partial charge on any atom is 0.322 e. The zero-order valence-electron chi connectivity index (χ0n) is 12.5. The minimum Gasteiger partial charge on any atom is -0.462 e. The molecule has 1 unspecified atom stereocenters. The average Bonchev–Trinajstić information content (AvgIpc) is 2.24. The van der Waals surface area contributed by atoms with Crippen molar-refractivity contribution in [1.82, 2.24) is 0 Å². The molecule has 0 heterocycles. The Bertz CT molecular complexity index is 258. The van der Waals surface area contributed by atoms with Gasteiger partial charge in [-0.25, -0.2) is 0 Å². The molecule has 0 fully saturated rings. The van der Waals surface area contributed by atoms with E-state index in [1.54, 1.807) is 13.8 Å². The van der Waals surface area contributed by atoms with E-state index in [4.69, 9.17) is 9.47 Å². The lowest BCUT2D eigenvalue weighted by atomic mass is 10.0. The minimum absolute atomic E-state index is 0.255. The van der Waals surface area contributed by atoms with Gasteiger partial charge in [0.1, 0.15) is 10.9 Å². The van der Waals surface area contributed by atoms with Crippen LogP contribution in [0.5, 0.6) is 0 Å². The van der Waals surface area contributed by atoms with Crippen LogP contribution in [-0.2, 0) is 14.3 Å². The molecule has 0 N–H and O–H groups in total. The summed E-state index contributed by atoms with van der Waals surface area (Å²) in [5.74, 6) is 0.366. The number of esters is 1. The normalized spacial score (nSPS) is 15.6. The topological polar surface area (TPSA) is 35.5 Å². The van der Waals surface area contributed by atoms with E-state index in [-0.39, 0.29) is 11.6 Å². The lowest BCUT2D eigenvalue weighted by Crippen LogP contribution is -2.38. The number of hydrogen-bond donors (Lipinski definition) is 0. The fourth-order valence-electron chi connectivity index (χ4n) is 1.18. The molecule has 0 aromatic carbocycles. The van der Waals surface area contributed by atoms with Gasteiger partial charge in [-0.3, -0.25) is 4.79 Å². The van der Waals surface area contributed by atoms with E-state index in [9.17, 15) is 4.79 Å². The lowest BCUT2D eigenvalue weighted by Gasteiger charge is -2.29. The molecule has 0 amide bonds. The van der Waals surface area contributed by atoms with Crippen LogP contribution >= 0.6 is 15.9 Å². The fraction of sp³-hybridized carbons (Fsp3) is 0.929. The molecule has 0 aliphatic carbocycles. The SMILES string of the molecule is CCC(C)(COC(=O)C(C)(C)Br)OCCC(C)C. The highest BCUT2D eigenvalue weighted by Crippen LogP contribution is 2.21. The van der Waals surface area contributed by atoms with Crippen molar-refractivity contribution in [3.05, 3.63) is 0 Å². The Hall–Kier alpha value is -0.0900. The van der Waals surface area contributed by atoms with Crippen molar-refractivity contribution < 1.29 is 14.3 Å². The largest absolute Gasteiger partial charge is 0.462 e. The molecule has 18 heavy (non-hydrogen) atoms. The molecule has 3 nitrogen and oxygen atoms in total. The number of rotatable bonds is 8. The Morgan fingerprint density at radius 3 is 2.22 bits per heavy atom. The predicted octanol–water partition coefficient (Wildman–Crippen LogP) is 3.93. The van der Waals surface area contributed by atoms with E-state index in [1.807, 2.05) is 13.8 Å². The van der Waals surface area contributed by atoms with Crippen LogP contribution in [0.1, 0.15) is 54.4 Å². The standard InChI is InChI=1S/C14H27BrO3/c1-7-14(6,18-9-8-11(2)3)10-17-12(16)13(4,5)15/h11H,7-10H2,1-6H3. The first-order valence-electron chi connectivity index (χ1n) is 6.61. The summed E-state index contributed by atoms with van der Waals surface area (Å²) in [5.41, 5.74) is -0.386. The fourth-order valence-corrected chi connectivity index (χ4v) is 1.29. The highest BCUT2D eigenvalue weighted by atomic mass is 79.9. The van der Waals surface area contributed by atoms with Gasteiger partial charge >= 0.3 is 5.97 Å². The van der Waals surface area contributed by atoms with Crippen molar-refractivity contribution in [2.75, 3.05) is 13.2 Å². The Labute approximate surface area is 120 Å². The monoisotopic (exact) mass is 322 g/mol. The molecule has 0 aliphatic heterocycles. The van der Waals surface area contributed by atoms with E-state index in [2.05, 4.69) is 29.8 Å². The van der Waals surface area contributed by atoms with Gasteiger partial charge in [0.2, 0.25) is 0 Å².